The zero-order valence-electron chi connectivity index (χ0n) is 10.8. The molecule has 1 heterocycles. The number of nitrogen functional groups attached to an aromatic ring is 1. The Morgan fingerprint density at radius 2 is 2.00 bits per heavy atom. The molecule has 0 aliphatic heterocycles. The summed E-state index contributed by atoms with van der Waals surface area (Å²) in [6, 6.07) is 15.0. The van der Waals surface area contributed by atoms with Crippen LogP contribution in [0, 0.1) is 0 Å². The summed E-state index contributed by atoms with van der Waals surface area (Å²) in [5, 5.41) is 10.6. The lowest BCUT2D eigenvalue weighted by Gasteiger charge is -2.03. The van der Waals surface area contributed by atoms with Crippen LogP contribution in [0.15, 0.2) is 48.5 Å². The standard InChI is InChI=1S/C15H14N4O/c16-11-6-7-13-12(9-11)15(19-18-13)17-14(20)8-10-4-2-1-3-5-10/h1-7,9H,8,16H2,(H2,17,18,19,20). The van der Waals surface area contributed by atoms with Gasteiger partial charge in [-0.15, -0.1) is 0 Å². The lowest BCUT2D eigenvalue weighted by Crippen LogP contribution is -2.14. The first-order valence-electron chi connectivity index (χ1n) is 6.30. The Labute approximate surface area is 115 Å². The number of anilines is 2. The Balaban J connectivity index is 1.79. The summed E-state index contributed by atoms with van der Waals surface area (Å²) in [6.45, 7) is 0. The average molecular weight is 266 g/mol. The van der Waals surface area contributed by atoms with Crippen molar-refractivity contribution in [3.05, 3.63) is 54.1 Å². The van der Waals surface area contributed by atoms with Gasteiger partial charge in [0.05, 0.1) is 11.9 Å². The van der Waals surface area contributed by atoms with Crippen LogP contribution in [-0.2, 0) is 11.2 Å². The number of carbonyl (C=O) groups excluding carboxylic acids is 1. The molecule has 1 amide bonds. The third-order valence-electron chi connectivity index (χ3n) is 3.05. The molecule has 5 nitrogen and oxygen atoms in total. The van der Waals surface area contributed by atoms with Gasteiger partial charge in [-0.1, -0.05) is 30.3 Å². The second-order valence-electron chi connectivity index (χ2n) is 4.59. The average Bonchev–Trinajstić information content (AvgIpc) is 2.82. The van der Waals surface area contributed by atoms with E-state index in [9.17, 15) is 4.79 Å². The Hall–Kier alpha value is -2.82. The predicted octanol–water partition coefficient (Wildman–Crippen LogP) is 2.33. The molecule has 100 valence electrons. The number of hydrogen-bond donors (Lipinski definition) is 3. The number of aromatic amines is 1. The van der Waals surface area contributed by atoms with Crippen LogP contribution in [0.4, 0.5) is 11.5 Å². The van der Waals surface area contributed by atoms with Gasteiger partial charge < -0.3 is 11.1 Å². The van der Waals surface area contributed by atoms with Crippen LogP contribution in [0.3, 0.4) is 0 Å². The summed E-state index contributed by atoms with van der Waals surface area (Å²) in [4.78, 5) is 12.0. The largest absolute Gasteiger partial charge is 0.399 e. The molecule has 0 saturated carbocycles. The van der Waals surface area contributed by atoms with E-state index in [1.165, 1.54) is 0 Å². The molecular formula is C15H14N4O. The van der Waals surface area contributed by atoms with E-state index >= 15 is 0 Å². The minimum Gasteiger partial charge on any atom is -0.399 e. The molecule has 0 aliphatic rings. The zero-order valence-corrected chi connectivity index (χ0v) is 10.8. The van der Waals surface area contributed by atoms with Crippen LogP contribution < -0.4 is 11.1 Å². The van der Waals surface area contributed by atoms with Gasteiger partial charge in [-0.05, 0) is 23.8 Å². The highest BCUT2D eigenvalue weighted by Crippen LogP contribution is 2.22. The molecule has 4 N–H and O–H groups in total. The maximum Gasteiger partial charge on any atom is 0.230 e. The number of carbonyl (C=O) groups is 1. The number of benzene rings is 2. The number of aromatic nitrogens is 2. The third-order valence-corrected chi connectivity index (χ3v) is 3.05. The van der Waals surface area contributed by atoms with E-state index < -0.39 is 0 Å². The van der Waals surface area contributed by atoms with Gasteiger partial charge >= 0.3 is 0 Å². The molecule has 20 heavy (non-hydrogen) atoms. The van der Waals surface area contributed by atoms with Crippen molar-refractivity contribution in [2.75, 3.05) is 11.1 Å². The molecule has 3 rings (SSSR count). The molecule has 0 bridgehead atoms. The number of amides is 1. The van der Waals surface area contributed by atoms with Gasteiger partial charge in [0.25, 0.3) is 0 Å². The van der Waals surface area contributed by atoms with Crippen molar-refractivity contribution in [3.63, 3.8) is 0 Å². The van der Waals surface area contributed by atoms with Crippen LogP contribution >= 0.6 is 0 Å². The summed E-state index contributed by atoms with van der Waals surface area (Å²) < 4.78 is 0. The van der Waals surface area contributed by atoms with E-state index in [2.05, 4.69) is 15.5 Å². The first kappa shape index (κ1) is 12.2. The fourth-order valence-electron chi connectivity index (χ4n) is 2.08. The third kappa shape index (κ3) is 2.47. The van der Waals surface area contributed by atoms with Gasteiger partial charge in [0, 0.05) is 11.1 Å². The second-order valence-corrected chi connectivity index (χ2v) is 4.59. The normalized spacial score (nSPS) is 10.6. The molecular weight excluding hydrogens is 252 g/mol. The molecule has 0 spiro atoms. The number of nitrogens with two attached hydrogens (primary N) is 1. The Morgan fingerprint density at radius 1 is 1.20 bits per heavy atom. The summed E-state index contributed by atoms with van der Waals surface area (Å²) >= 11 is 0. The molecule has 0 fully saturated rings. The van der Waals surface area contributed by atoms with Gasteiger partial charge in [-0.2, -0.15) is 5.10 Å². The monoisotopic (exact) mass is 266 g/mol. The van der Waals surface area contributed by atoms with Gasteiger partial charge in [0.1, 0.15) is 0 Å². The Bertz CT molecular complexity index is 749. The summed E-state index contributed by atoms with van der Waals surface area (Å²) in [7, 11) is 0. The smallest absolute Gasteiger partial charge is 0.230 e. The minimum atomic E-state index is -0.105. The van der Waals surface area contributed by atoms with Crippen molar-refractivity contribution in [1.82, 2.24) is 10.2 Å². The van der Waals surface area contributed by atoms with Crippen molar-refractivity contribution in [2.24, 2.45) is 0 Å². The molecule has 2 aromatic carbocycles. The summed E-state index contributed by atoms with van der Waals surface area (Å²) in [5.74, 6) is 0.403. The van der Waals surface area contributed by atoms with E-state index in [0.717, 1.165) is 16.5 Å². The Morgan fingerprint density at radius 3 is 2.80 bits per heavy atom. The minimum absolute atomic E-state index is 0.105. The molecule has 0 aliphatic carbocycles. The van der Waals surface area contributed by atoms with Crippen molar-refractivity contribution in [3.8, 4) is 0 Å². The van der Waals surface area contributed by atoms with Gasteiger partial charge in [-0.3, -0.25) is 9.89 Å². The number of rotatable bonds is 3. The van der Waals surface area contributed by atoms with Crippen LogP contribution in [0.1, 0.15) is 5.56 Å². The lowest BCUT2D eigenvalue weighted by molar-refractivity contribution is -0.115. The topological polar surface area (TPSA) is 83.8 Å². The van der Waals surface area contributed by atoms with Crippen molar-refractivity contribution in [1.29, 1.82) is 0 Å². The van der Waals surface area contributed by atoms with E-state index in [0.29, 0.717) is 17.9 Å². The molecule has 0 radical (unpaired) electrons. The Kier molecular flexibility index (Phi) is 3.09. The van der Waals surface area contributed by atoms with Gasteiger partial charge in [-0.25, -0.2) is 0 Å². The van der Waals surface area contributed by atoms with E-state index in [4.69, 9.17) is 5.73 Å². The quantitative estimate of drug-likeness (QED) is 0.636. The molecule has 0 unspecified atom stereocenters. The predicted molar refractivity (Wildman–Crippen MR) is 79.3 cm³/mol. The number of nitrogens with zero attached hydrogens (tertiary/aromatic N) is 1. The number of nitrogens with one attached hydrogen (secondary N) is 2. The summed E-state index contributed by atoms with van der Waals surface area (Å²) in [6.07, 6.45) is 0.317. The molecule has 0 saturated heterocycles. The van der Waals surface area contributed by atoms with Crippen molar-refractivity contribution >= 4 is 28.3 Å². The molecule has 1 aromatic heterocycles. The number of fused-ring (bicyclic) bond motifs is 1. The zero-order chi connectivity index (χ0) is 13.9. The van der Waals surface area contributed by atoms with E-state index in [-0.39, 0.29) is 5.91 Å². The van der Waals surface area contributed by atoms with Gasteiger partial charge in [0.2, 0.25) is 5.91 Å². The van der Waals surface area contributed by atoms with E-state index in [1.807, 2.05) is 36.4 Å². The fourth-order valence-corrected chi connectivity index (χ4v) is 2.08. The maximum absolute atomic E-state index is 12.0. The highest BCUT2D eigenvalue weighted by atomic mass is 16.1. The maximum atomic E-state index is 12.0. The van der Waals surface area contributed by atoms with Crippen LogP contribution in [0.25, 0.3) is 10.9 Å². The first-order valence-corrected chi connectivity index (χ1v) is 6.30. The molecule has 3 aromatic rings. The molecule has 5 heteroatoms. The van der Waals surface area contributed by atoms with Crippen LogP contribution in [0.2, 0.25) is 0 Å². The lowest BCUT2D eigenvalue weighted by atomic mass is 10.1. The fraction of sp³-hybridized carbons (Fsp3) is 0.0667. The SMILES string of the molecule is Nc1ccc2[nH]nc(NC(=O)Cc3ccccc3)c2c1. The van der Waals surface area contributed by atoms with E-state index in [1.54, 1.807) is 12.1 Å². The van der Waals surface area contributed by atoms with Crippen LogP contribution in [-0.4, -0.2) is 16.1 Å². The van der Waals surface area contributed by atoms with Crippen LogP contribution in [0.5, 0.6) is 0 Å². The first-order chi connectivity index (χ1) is 9.72. The highest BCUT2D eigenvalue weighted by molar-refractivity contribution is 6.01. The van der Waals surface area contributed by atoms with Gasteiger partial charge in [0.15, 0.2) is 5.82 Å². The highest BCUT2D eigenvalue weighted by Gasteiger charge is 2.10. The summed E-state index contributed by atoms with van der Waals surface area (Å²) in [5.41, 5.74) is 8.19. The second kappa shape index (κ2) is 5.05. The van der Waals surface area contributed by atoms with Crippen molar-refractivity contribution < 1.29 is 4.79 Å². The van der Waals surface area contributed by atoms with Crippen molar-refractivity contribution in [2.45, 2.75) is 6.42 Å². The number of hydrogen-bond acceptors (Lipinski definition) is 3. The molecule has 0 atom stereocenters. The number of H-pyrrole nitrogens is 1.